The molecule has 7 nitrogen and oxygen atoms in total. The predicted molar refractivity (Wildman–Crippen MR) is 95.8 cm³/mol. The summed E-state index contributed by atoms with van der Waals surface area (Å²) in [6, 6.07) is 5.10. The first-order valence-electron chi connectivity index (χ1n) is 6.62. The molecule has 11 heteroatoms. The molecule has 3 aromatic rings. The first-order chi connectivity index (χ1) is 11.5. The van der Waals surface area contributed by atoms with E-state index in [4.69, 9.17) is 23.2 Å². The van der Waals surface area contributed by atoms with E-state index in [1.54, 1.807) is 18.2 Å². The second kappa shape index (κ2) is 7.47. The van der Waals surface area contributed by atoms with Gasteiger partial charge in [0.25, 0.3) is 0 Å². The first-order valence-corrected chi connectivity index (χ1v) is 9.17. The van der Waals surface area contributed by atoms with E-state index in [0.29, 0.717) is 31.7 Å². The van der Waals surface area contributed by atoms with Crippen LogP contribution in [0.5, 0.6) is 0 Å². The minimum absolute atomic E-state index is 0.157. The van der Waals surface area contributed by atoms with Crippen LogP contribution in [-0.4, -0.2) is 37.0 Å². The van der Waals surface area contributed by atoms with Gasteiger partial charge >= 0.3 is 0 Å². The van der Waals surface area contributed by atoms with E-state index >= 15 is 0 Å². The number of thioether (sulfide) groups is 1. The van der Waals surface area contributed by atoms with Crippen molar-refractivity contribution >= 4 is 57.3 Å². The van der Waals surface area contributed by atoms with Crippen LogP contribution in [0.1, 0.15) is 5.01 Å². The van der Waals surface area contributed by atoms with Crippen molar-refractivity contribution in [1.29, 1.82) is 0 Å². The topological polar surface area (TPSA) is 96.5 Å². The molecule has 0 spiro atoms. The van der Waals surface area contributed by atoms with Crippen molar-refractivity contribution in [2.24, 2.45) is 0 Å². The number of H-pyrrole nitrogens is 1. The molecule has 24 heavy (non-hydrogen) atoms. The van der Waals surface area contributed by atoms with Crippen LogP contribution in [0.2, 0.25) is 10.0 Å². The summed E-state index contributed by atoms with van der Waals surface area (Å²) >= 11 is 14.5. The number of anilines is 1. The Labute approximate surface area is 155 Å². The molecule has 3 rings (SSSR count). The van der Waals surface area contributed by atoms with Crippen LogP contribution in [0.3, 0.4) is 0 Å². The van der Waals surface area contributed by atoms with Crippen LogP contribution in [0.15, 0.2) is 23.4 Å². The highest BCUT2D eigenvalue weighted by atomic mass is 35.5. The average Bonchev–Trinajstić information content (AvgIpc) is 3.14. The fourth-order valence-electron chi connectivity index (χ4n) is 1.75. The number of benzene rings is 1. The zero-order valence-corrected chi connectivity index (χ0v) is 15.4. The molecule has 0 bridgehead atoms. The lowest BCUT2D eigenvalue weighted by atomic mass is 10.2. The van der Waals surface area contributed by atoms with Crippen LogP contribution < -0.4 is 5.32 Å². The lowest BCUT2D eigenvalue weighted by Gasteiger charge is -2.00. The molecule has 1 amide bonds. The van der Waals surface area contributed by atoms with E-state index in [0.717, 1.165) is 5.01 Å². The van der Waals surface area contributed by atoms with Gasteiger partial charge < -0.3 is 0 Å². The summed E-state index contributed by atoms with van der Waals surface area (Å²) in [5.41, 5.74) is 0.689. The maximum atomic E-state index is 11.9. The summed E-state index contributed by atoms with van der Waals surface area (Å²) in [6.07, 6.45) is 0. The molecule has 2 N–H and O–H groups in total. The molecule has 0 aliphatic carbocycles. The summed E-state index contributed by atoms with van der Waals surface area (Å²) < 4.78 is 0. The fourth-order valence-corrected chi connectivity index (χ4v) is 3.45. The Kier molecular flexibility index (Phi) is 5.34. The van der Waals surface area contributed by atoms with E-state index in [9.17, 15) is 4.79 Å². The molecular formula is C13H10Cl2N6OS2. The Morgan fingerprint density at radius 2 is 2.21 bits per heavy atom. The Morgan fingerprint density at radius 3 is 2.92 bits per heavy atom. The van der Waals surface area contributed by atoms with Gasteiger partial charge in [0, 0.05) is 10.6 Å². The molecule has 0 aliphatic rings. The monoisotopic (exact) mass is 400 g/mol. The van der Waals surface area contributed by atoms with Crippen molar-refractivity contribution in [2.75, 3.05) is 11.1 Å². The number of nitrogens with one attached hydrogen (secondary N) is 2. The van der Waals surface area contributed by atoms with Crippen LogP contribution in [0, 0.1) is 6.92 Å². The van der Waals surface area contributed by atoms with Gasteiger partial charge in [0.2, 0.25) is 16.2 Å². The quantitative estimate of drug-likeness (QED) is 0.634. The summed E-state index contributed by atoms with van der Waals surface area (Å²) in [7, 11) is 0. The lowest BCUT2D eigenvalue weighted by Crippen LogP contribution is -2.13. The van der Waals surface area contributed by atoms with Gasteiger partial charge in [-0.15, -0.1) is 15.3 Å². The summed E-state index contributed by atoms with van der Waals surface area (Å²) in [4.78, 5) is 16.2. The molecule has 0 fully saturated rings. The maximum Gasteiger partial charge on any atom is 0.236 e. The van der Waals surface area contributed by atoms with Crippen LogP contribution in [0.25, 0.3) is 11.4 Å². The zero-order chi connectivity index (χ0) is 17.1. The number of aromatic nitrogens is 5. The van der Waals surface area contributed by atoms with Gasteiger partial charge in [-0.3, -0.25) is 15.2 Å². The van der Waals surface area contributed by atoms with Gasteiger partial charge in [-0.1, -0.05) is 46.3 Å². The number of rotatable bonds is 5. The third-order valence-corrected chi connectivity index (χ3v) is 4.91. The number of aryl methyl sites for hydroxylation is 1. The second-order valence-corrected chi connectivity index (χ2v) is 7.52. The molecular weight excluding hydrogens is 391 g/mol. The number of carbonyl (C=O) groups is 1. The molecule has 0 unspecified atom stereocenters. The Balaban J connectivity index is 1.60. The SMILES string of the molecule is Cc1nnc(NC(=O)CSc2n[nH]c(-c3ccc(Cl)cc3Cl)n2)s1. The first kappa shape index (κ1) is 17.2. The van der Waals surface area contributed by atoms with Crippen LogP contribution >= 0.6 is 46.3 Å². The van der Waals surface area contributed by atoms with Gasteiger partial charge in [-0.2, -0.15) is 0 Å². The highest BCUT2D eigenvalue weighted by molar-refractivity contribution is 7.99. The minimum atomic E-state index is -0.202. The molecule has 0 atom stereocenters. The summed E-state index contributed by atoms with van der Waals surface area (Å²) in [6.45, 7) is 1.82. The standard InChI is InChI=1S/C13H10Cl2N6OS2/c1-6-18-21-13(24-6)16-10(22)5-23-12-17-11(19-20-12)8-3-2-7(14)4-9(8)15/h2-4H,5H2,1H3,(H,16,21,22)(H,17,19,20). The number of amides is 1. The Bertz CT molecular complexity index is 881. The average molecular weight is 401 g/mol. The molecule has 0 radical (unpaired) electrons. The predicted octanol–water partition coefficient (Wildman–Crippen LogP) is 3.67. The maximum absolute atomic E-state index is 11.9. The van der Waals surface area contributed by atoms with Gasteiger partial charge in [0.1, 0.15) is 5.01 Å². The Hall–Kier alpha value is -1.68. The fraction of sp³-hybridized carbons (Fsp3) is 0.154. The largest absolute Gasteiger partial charge is 0.300 e. The van der Waals surface area contributed by atoms with Crippen molar-refractivity contribution in [3.8, 4) is 11.4 Å². The van der Waals surface area contributed by atoms with E-state index in [-0.39, 0.29) is 11.7 Å². The second-order valence-electron chi connectivity index (χ2n) is 4.55. The molecule has 0 saturated heterocycles. The van der Waals surface area contributed by atoms with E-state index in [1.807, 2.05) is 6.92 Å². The number of nitrogens with zero attached hydrogens (tertiary/aromatic N) is 4. The van der Waals surface area contributed by atoms with E-state index in [1.165, 1.54) is 23.1 Å². The van der Waals surface area contributed by atoms with Crippen molar-refractivity contribution in [3.05, 3.63) is 33.3 Å². The number of aromatic amines is 1. The van der Waals surface area contributed by atoms with Crippen LogP contribution in [0.4, 0.5) is 5.13 Å². The minimum Gasteiger partial charge on any atom is -0.300 e. The van der Waals surface area contributed by atoms with Gasteiger partial charge in [-0.25, -0.2) is 4.98 Å². The van der Waals surface area contributed by atoms with Crippen LogP contribution in [-0.2, 0) is 4.79 Å². The number of carbonyl (C=O) groups excluding carboxylic acids is 1. The number of halogens is 2. The summed E-state index contributed by atoms with van der Waals surface area (Å²) in [5, 5.41) is 19.9. The third-order valence-electron chi connectivity index (χ3n) is 2.76. The number of hydrogen-bond donors (Lipinski definition) is 2. The van der Waals surface area contributed by atoms with E-state index in [2.05, 4.69) is 30.7 Å². The molecule has 124 valence electrons. The lowest BCUT2D eigenvalue weighted by molar-refractivity contribution is -0.113. The Morgan fingerprint density at radius 1 is 1.38 bits per heavy atom. The molecule has 2 aromatic heterocycles. The van der Waals surface area contributed by atoms with Crippen molar-refractivity contribution in [2.45, 2.75) is 12.1 Å². The van der Waals surface area contributed by atoms with E-state index < -0.39 is 0 Å². The van der Waals surface area contributed by atoms with Gasteiger partial charge in [0.05, 0.1) is 10.8 Å². The molecule has 2 heterocycles. The molecule has 0 aliphatic heterocycles. The van der Waals surface area contributed by atoms with Crippen molar-refractivity contribution in [1.82, 2.24) is 25.4 Å². The molecule has 0 saturated carbocycles. The van der Waals surface area contributed by atoms with Gasteiger partial charge in [0.15, 0.2) is 5.82 Å². The summed E-state index contributed by atoms with van der Waals surface area (Å²) in [5.74, 6) is 0.468. The zero-order valence-electron chi connectivity index (χ0n) is 12.2. The van der Waals surface area contributed by atoms with Gasteiger partial charge in [-0.05, 0) is 25.1 Å². The molecule has 1 aromatic carbocycles. The van der Waals surface area contributed by atoms with Crippen molar-refractivity contribution < 1.29 is 4.79 Å². The third kappa shape index (κ3) is 4.23. The normalized spacial score (nSPS) is 10.8. The van der Waals surface area contributed by atoms with Crippen molar-refractivity contribution in [3.63, 3.8) is 0 Å². The smallest absolute Gasteiger partial charge is 0.236 e. The highest BCUT2D eigenvalue weighted by Crippen LogP contribution is 2.29. The number of hydrogen-bond acceptors (Lipinski definition) is 7. The highest BCUT2D eigenvalue weighted by Gasteiger charge is 2.12.